The van der Waals surface area contributed by atoms with Gasteiger partial charge in [-0.2, -0.15) is 5.10 Å². The Bertz CT molecular complexity index is 846. The fraction of sp³-hybridized carbons (Fsp3) is 0.471. The predicted octanol–water partition coefficient (Wildman–Crippen LogP) is 3.08. The maximum Gasteiger partial charge on any atom is 0.241 e. The van der Waals surface area contributed by atoms with E-state index in [1.165, 1.54) is 13.2 Å². The zero-order valence-electron chi connectivity index (χ0n) is 15.0. The van der Waals surface area contributed by atoms with Crippen LogP contribution in [0.3, 0.4) is 0 Å². The SMILES string of the molecule is COc1c(C(C)(C)C)cc(-c2ccn(C(C)C)n2)cc1S(N)(=O)=O. The van der Waals surface area contributed by atoms with Gasteiger partial charge < -0.3 is 4.74 Å². The molecule has 0 saturated heterocycles. The summed E-state index contributed by atoms with van der Waals surface area (Å²) in [6.45, 7) is 10.0. The molecular weight excluding hydrogens is 326 g/mol. The molecule has 1 aromatic heterocycles. The van der Waals surface area contributed by atoms with Crippen LogP contribution in [0, 0.1) is 0 Å². The van der Waals surface area contributed by atoms with Gasteiger partial charge in [-0.15, -0.1) is 0 Å². The van der Waals surface area contributed by atoms with Crippen molar-refractivity contribution in [2.45, 2.75) is 51.0 Å². The Morgan fingerprint density at radius 2 is 1.88 bits per heavy atom. The molecule has 0 saturated carbocycles. The van der Waals surface area contributed by atoms with Gasteiger partial charge in [0.2, 0.25) is 10.0 Å². The first-order valence-corrected chi connectivity index (χ1v) is 9.30. The van der Waals surface area contributed by atoms with E-state index in [-0.39, 0.29) is 22.1 Å². The van der Waals surface area contributed by atoms with Gasteiger partial charge in [0, 0.05) is 23.4 Å². The summed E-state index contributed by atoms with van der Waals surface area (Å²) >= 11 is 0. The van der Waals surface area contributed by atoms with Gasteiger partial charge in [-0.3, -0.25) is 4.68 Å². The minimum Gasteiger partial charge on any atom is -0.495 e. The van der Waals surface area contributed by atoms with Gasteiger partial charge >= 0.3 is 0 Å². The van der Waals surface area contributed by atoms with E-state index in [0.717, 1.165) is 5.56 Å². The first kappa shape index (κ1) is 18.5. The lowest BCUT2D eigenvalue weighted by atomic mass is 9.85. The summed E-state index contributed by atoms with van der Waals surface area (Å²) in [6.07, 6.45) is 1.87. The van der Waals surface area contributed by atoms with Crippen molar-refractivity contribution >= 4 is 10.0 Å². The molecule has 7 heteroatoms. The van der Waals surface area contributed by atoms with Crippen LogP contribution >= 0.6 is 0 Å². The molecule has 1 aromatic carbocycles. The molecule has 132 valence electrons. The average molecular weight is 351 g/mol. The summed E-state index contributed by atoms with van der Waals surface area (Å²) in [4.78, 5) is -0.0217. The molecule has 0 fully saturated rings. The Hall–Kier alpha value is -1.86. The highest BCUT2D eigenvalue weighted by Crippen LogP contribution is 2.39. The molecular formula is C17H25N3O3S. The lowest BCUT2D eigenvalue weighted by Crippen LogP contribution is -2.19. The Balaban J connectivity index is 2.78. The van der Waals surface area contributed by atoms with E-state index in [1.807, 2.05) is 57.6 Å². The van der Waals surface area contributed by atoms with Crippen molar-refractivity contribution in [1.29, 1.82) is 0 Å². The quantitative estimate of drug-likeness (QED) is 0.917. The number of hydrogen-bond donors (Lipinski definition) is 1. The number of aromatic nitrogens is 2. The molecule has 2 aromatic rings. The van der Waals surface area contributed by atoms with Gasteiger partial charge in [0.15, 0.2) is 0 Å². The maximum absolute atomic E-state index is 12.1. The highest BCUT2D eigenvalue weighted by Gasteiger charge is 2.27. The van der Waals surface area contributed by atoms with Crippen LogP contribution in [0.2, 0.25) is 0 Å². The monoisotopic (exact) mass is 351 g/mol. The van der Waals surface area contributed by atoms with Gasteiger partial charge in [0.1, 0.15) is 10.6 Å². The summed E-state index contributed by atoms with van der Waals surface area (Å²) in [5.74, 6) is 0.289. The van der Waals surface area contributed by atoms with E-state index in [1.54, 1.807) is 0 Å². The Labute approximate surface area is 143 Å². The number of rotatable bonds is 4. The fourth-order valence-corrected chi connectivity index (χ4v) is 3.25. The van der Waals surface area contributed by atoms with Crippen LogP contribution < -0.4 is 9.88 Å². The lowest BCUT2D eigenvalue weighted by Gasteiger charge is -2.24. The molecule has 0 radical (unpaired) electrons. The number of nitrogens with zero attached hydrogens (tertiary/aromatic N) is 2. The number of hydrogen-bond acceptors (Lipinski definition) is 4. The Kier molecular flexibility index (Phi) is 4.79. The van der Waals surface area contributed by atoms with E-state index >= 15 is 0 Å². The molecule has 0 spiro atoms. The molecule has 0 amide bonds. The normalized spacial score (nSPS) is 12.7. The van der Waals surface area contributed by atoms with Gasteiger partial charge in [0.05, 0.1) is 12.8 Å². The van der Waals surface area contributed by atoms with Crippen LogP contribution in [0.1, 0.15) is 46.2 Å². The maximum atomic E-state index is 12.1. The summed E-state index contributed by atoms with van der Waals surface area (Å²) in [6, 6.07) is 5.52. The van der Waals surface area contributed by atoms with E-state index in [0.29, 0.717) is 11.3 Å². The topological polar surface area (TPSA) is 87.2 Å². The summed E-state index contributed by atoms with van der Waals surface area (Å²) in [5, 5.41) is 9.93. The zero-order valence-corrected chi connectivity index (χ0v) is 15.8. The second-order valence-electron chi connectivity index (χ2n) is 7.12. The molecule has 0 unspecified atom stereocenters. The molecule has 0 atom stereocenters. The molecule has 1 heterocycles. The van der Waals surface area contributed by atoms with Gasteiger partial charge in [0.25, 0.3) is 0 Å². The molecule has 0 bridgehead atoms. The first-order chi connectivity index (χ1) is 10.9. The molecule has 6 nitrogen and oxygen atoms in total. The largest absolute Gasteiger partial charge is 0.495 e. The molecule has 0 aliphatic heterocycles. The second-order valence-corrected chi connectivity index (χ2v) is 8.65. The number of primary sulfonamides is 1. The van der Waals surface area contributed by atoms with Crippen molar-refractivity contribution in [3.8, 4) is 17.0 Å². The van der Waals surface area contributed by atoms with Gasteiger partial charge in [-0.25, -0.2) is 13.6 Å². The standard InChI is InChI=1S/C17H25N3O3S/c1-11(2)20-8-7-14(19-20)12-9-13(17(3,4)5)16(23-6)15(10-12)24(18,21)22/h7-11H,1-6H3,(H2,18,21,22). The van der Waals surface area contributed by atoms with Crippen LogP contribution in [0.15, 0.2) is 29.3 Å². The summed E-state index contributed by atoms with van der Waals surface area (Å²) in [5.41, 5.74) is 1.85. The fourth-order valence-electron chi connectivity index (χ4n) is 2.51. The number of benzene rings is 1. The highest BCUT2D eigenvalue weighted by molar-refractivity contribution is 7.89. The van der Waals surface area contributed by atoms with Crippen LogP contribution in [0.25, 0.3) is 11.3 Å². The van der Waals surface area contributed by atoms with E-state index in [2.05, 4.69) is 5.10 Å². The number of methoxy groups -OCH3 is 1. The van der Waals surface area contributed by atoms with Gasteiger partial charge in [-0.05, 0) is 37.5 Å². The smallest absolute Gasteiger partial charge is 0.241 e. The van der Waals surface area contributed by atoms with Crippen LogP contribution in [0.4, 0.5) is 0 Å². The predicted molar refractivity (Wildman–Crippen MR) is 94.7 cm³/mol. The number of nitrogens with two attached hydrogens (primary N) is 1. The molecule has 24 heavy (non-hydrogen) atoms. The Morgan fingerprint density at radius 1 is 1.25 bits per heavy atom. The minimum atomic E-state index is -3.93. The van der Waals surface area contributed by atoms with Crippen molar-refractivity contribution in [2.24, 2.45) is 5.14 Å². The number of sulfonamides is 1. The van der Waals surface area contributed by atoms with Crippen LogP contribution in [0.5, 0.6) is 5.75 Å². The minimum absolute atomic E-state index is 0.0217. The third-order valence-corrected chi connectivity index (χ3v) is 4.72. The van der Waals surface area contributed by atoms with Crippen LogP contribution in [-0.4, -0.2) is 25.3 Å². The van der Waals surface area contributed by atoms with Crippen LogP contribution in [-0.2, 0) is 15.4 Å². The third-order valence-electron chi connectivity index (χ3n) is 3.81. The molecule has 2 rings (SSSR count). The van der Waals surface area contributed by atoms with E-state index < -0.39 is 10.0 Å². The highest BCUT2D eigenvalue weighted by atomic mass is 32.2. The molecule has 0 aliphatic rings. The lowest BCUT2D eigenvalue weighted by molar-refractivity contribution is 0.386. The van der Waals surface area contributed by atoms with Gasteiger partial charge in [-0.1, -0.05) is 20.8 Å². The first-order valence-electron chi connectivity index (χ1n) is 7.76. The Morgan fingerprint density at radius 3 is 2.29 bits per heavy atom. The second kappa shape index (κ2) is 6.22. The van der Waals surface area contributed by atoms with Crippen molar-refractivity contribution in [1.82, 2.24) is 9.78 Å². The van der Waals surface area contributed by atoms with Crippen molar-refractivity contribution in [2.75, 3.05) is 7.11 Å². The van der Waals surface area contributed by atoms with E-state index in [9.17, 15) is 8.42 Å². The molecule has 2 N–H and O–H groups in total. The number of ether oxygens (including phenoxy) is 1. The van der Waals surface area contributed by atoms with Crippen molar-refractivity contribution in [3.05, 3.63) is 30.0 Å². The summed E-state index contributed by atoms with van der Waals surface area (Å²) < 4.78 is 31.3. The third kappa shape index (κ3) is 3.62. The average Bonchev–Trinajstić information content (AvgIpc) is 2.93. The van der Waals surface area contributed by atoms with Crippen molar-refractivity contribution in [3.63, 3.8) is 0 Å². The molecule has 0 aliphatic carbocycles. The van der Waals surface area contributed by atoms with Crippen molar-refractivity contribution < 1.29 is 13.2 Å². The van der Waals surface area contributed by atoms with E-state index in [4.69, 9.17) is 9.88 Å². The zero-order chi connectivity index (χ0) is 18.3. The summed E-state index contributed by atoms with van der Waals surface area (Å²) in [7, 11) is -2.48.